The Labute approximate surface area is 89.1 Å². The van der Waals surface area contributed by atoms with E-state index in [1.165, 1.54) is 5.56 Å². The Morgan fingerprint density at radius 1 is 1.47 bits per heavy atom. The van der Waals surface area contributed by atoms with Crippen LogP contribution in [0.3, 0.4) is 0 Å². The zero-order valence-corrected chi connectivity index (χ0v) is 8.57. The Hall–Kier alpha value is -1.51. The largest absolute Gasteiger partial charge is 0.481 e. The zero-order chi connectivity index (χ0) is 10.7. The molecule has 0 amide bonds. The predicted molar refractivity (Wildman–Crippen MR) is 59.0 cm³/mol. The smallest absolute Gasteiger partial charge is 0.303 e. The van der Waals surface area contributed by atoms with Gasteiger partial charge in [0.15, 0.2) is 0 Å². The second kappa shape index (κ2) is 4.34. The first kappa shape index (κ1) is 10.0. The summed E-state index contributed by atoms with van der Waals surface area (Å²) < 4.78 is 0. The molecule has 15 heavy (non-hydrogen) atoms. The zero-order valence-electron chi connectivity index (χ0n) is 8.57. The lowest BCUT2D eigenvalue weighted by atomic mass is 9.94. The van der Waals surface area contributed by atoms with Gasteiger partial charge in [-0.1, -0.05) is 18.2 Å². The molecule has 3 nitrogen and oxygen atoms in total. The van der Waals surface area contributed by atoms with Gasteiger partial charge in [0.1, 0.15) is 0 Å². The molecule has 2 N–H and O–H groups in total. The highest BCUT2D eigenvalue weighted by molar-refractivity contribution is 5.67. The molecule has 0 aromatic heterocycles. The van der Waals surface area contributed by atoms with Crippen LogP contribution in [-0.2, 0) is 11.2 Å². The summed E-state index contributed by atoms with van der Waals surface area (Å²) in [5.41, 5.74) is 2.40. The minimum absolute atomic E-state index is 0.263. The number of hydrogen-bond donors (Lipinski definition) is 2. The van der Waals surface area contributed by atoms with Crippen LogP contribution in [0.5, 0.6) is 0 Å². The molecular formula is C12H15NO2. The molecule has 0 aliphatic carbocycles. The van der Waals surface area contributed by atoms with Gasteiger partial charge in [0.05, 0.1) is 0 Å². The van der Waals surface area contributed by atoms with Crippen LogP contribution in [0.2, 0.25) is 0 Å². The number of nitrogens with one attached hydrogen (secondary N) is 1. The van der Waals surface area contributed by atoms with Crippen molar-refractivity contribution in [1.82, 2.24) is 0 Å². The maximum atomic E-state index is 10.7. The quantitative estimate of drug-likeness (QED) is 0.777. The van der Waals surface area contributed by atoms with Crippen molar-refractivity contribution in [3.8, 4) is 0 Å². The molecule has 0 radical (unpaired) electrons. The van der Waals surface area contributed by atoms with Gasteiger partial charge < -0.3 is 10.4 Å². The van der Waals surface area contributed by atoms with Crippen molar-refractivity contribution in [1.29, 1.82) is 0 Å². The lowest BCUT2D eigenvalue weighted by Crippen LogP contribution is -2.11. The summed E-state index contributed by atoms with van der Waals surface area (Å²) in [6.07, 6.45) is 2.08. The van der Waals surface area contributed by atoms with Gasteiger partial charge in [-0.15, -0.1) is 0 Å². The van der Waals surface area contributed by atoms with Gasteiger partial charge >= 0.3 is 5.97 Å². The van der Waals surface area contributed by atoms with Crippen molar-refractivity contribution >= 4 is 11.7 Å². The van der Waals surface area contributed by atoms with Crippen molar-refractivity contribution in [3.05, 3.63) is 29.8 Å². The monoisotopic (exact) mass is 205 g/mol. The number of para-hydroxylation sites is 1. The second-order valence-corrected chi connectivity index (χ2v) is 4.04. The number of rotatable bonds is 2. The van der Waals surface area contributed by atoms with E-state index in [1.807, 2.05) is 12.1 Å². The maximum Gasteiger partial charge on any atom is 0.303 e. The number of carbonyl (C=O) groups is 1. The van der Waals surface area contributed by atoms with Crippen LogP contribution in [0.15, 0.2) is 24.3 Å². The van der Waals surface area contributed by atoms with E-state index in [1.54, 1.807) is 0 Å². The summed E-state index contributed by atoms with van der Waals surface area (Å²) in [6, 6.07) is 8.13. The van der Waals surface area contributed by atoms with E-state index in [2.05, 4.69) is 17.4 Å². The molecule has 0 bridgehead atoms. The topological polar surface area (TPSA) is 49.3 Å². The van der Waals surface area contributed by atoms with Crippen LogP contribution < -0.4 is 5.32 Å². The molecule has 80 valence electrons. The summed E-state index contributed by atoms with van der Waals surface area (Å²) in [6.45, 7) is 0.870. The van der Waals surface area contributed by atoms with Crippen LogP contribution in [0, 0.1) is 5.92 Å². The Morgan fingerprint density at radius 3 is 3.07 bits per heavy atom. The Kier molecular flexibility index (Phi) is 2.90. The number of benzene rings is 1. The van der Waals surface area contributed by atoms with Crippen LogP contribution >= 0.6 is 0 Å². The highest BCUT2D eigenvalue weighted by atomic mass is 16.4. The SMILES string of the molecule is O=C(O)CC1CCNc2ccccc2C1. The molecule has 2 rings (SSSR count). The van der Waals surface area contributed by atoms with E-state index in [0.717, 1.165) is 25.1 Å². The van der Waals surface area contributed by atoms with Gasteiger partial charge in [-0.2, -0.15) is 0 Å². The number of anilines is 1. The number of aliphatic carboxylic acids is 1. The molecule has 1 aliphatic heterocycles. The third kappa shape index (κ3) is 2.49. The molecule has 1 unspecified atom stereocenters. The predicted octanol–water partition coefficient (Wildman–Crippen LogP) is 2.14. The Bertz CT molecular complexity index is 362. The van der Waals surface area contributed by atoms with Gasteiger partial charge in [-0.3, -0.25) is 4.79 Å². The van der Waals surface area contributed by atoms with Gasteiger partial charge in [-0.05, 0) is 30.4 Å². The first-order valence-electron chi connectivity index (χ1n) is 5.29. The summed E-state index contributed by atoms with van der Waals surface area (Å²) in [7, 11) is 0. The summed E-state index contributed by atoms with van der Waals surface area (Å²) in [5, 5.41) is 12.1. The molecular weight excluding hydrogens is 190 g/mol. The highest BCUT2D eigenvalue weighted by Gasteiger charge is 2.18. The lowest BCUT2D eigenvalue weighted by Gasteiger charge is -2.10. The van der Waals surface area contributed by atoms with E-state index < -0.39 is 5.97 Å². The molecule has 1 aromatic carbocycles. The van der Waals surface area contributed by atoms with Gasteiger partial charge in [-0.25, -0.2) is 0 Å². The third-order valence-corrected chi connectivity index (χ3v) is 2.86. The summed E-state index contributed by atoms with van der Waals surface area (Å²) >= 11 is 0. The van der Waals surface area contributed by atoms with Crippen molar-refractivity contribution in [2.24, 2.45) is 5.92 Å². The molecule has 0 fully saturated rings. The number of hydrogen-bond acceptors (Lipinski definition) is 2. The van der Waals surface area contributed by atoms with Gasteiger partial charge in [0.2, 0.25) is 0 Å². The van der Waals surface area contributed by atoms with Crippen molar-refractivity contribution < 1.29 is 9.90 Å². The van der Waals surface area contributed by atoms with Crippen molar-refractivity contribution in [2.45, 2.75) is 19.3 Å². The fourth-order valence-corrected chi connectivity index (χ4v) is 2.12. The summed E-state index contributed by atoms with van der Waals surface area (Å²) in [4.78, 5) is 10.7. The first-order valence-corrected chi connectivity index (χ1v) is 5.29. The number of carboxylic acid groups (broad SMARTS) is 1. The second-order valence-electron chi connectivity index (χ2n) is 4.04. The molecule has 1 heterocycles. The average Bonchev–Trinajstić information content (AvgIpc) is 2.38. The van der Waals surface area contributed by atoms with Crippen LogP contribution in [-0.4, -0.2) is 17.6 Å². The number of fused-ring (bicyclic) bond motifs is 1. The molecule has 1 atom stereocenters. The normalized spacial score (nSPS) is 19.9. The van der Waals surface area contributed by atoms with E-state index in [9.17, 15) is 4.79 Å². The van der Waals surface area contributed by atoms with Crippen molar-refractivity contribution in [2.75, 3.05) is 11.9 Å². The average molecular weight is 205 g/mol. The molecule has 0 saturated carbocycles. The molecule has 1 aromatic rings. The minimum Gasteiger partial charge on any atom is -0.481 e. The van der Waals surface area contributed by atoms with E-state index in [-0.39, 0.29) is 12.3 Å². The highest BCUT2D eigenvalue weighted by Crippen LogP contribution is 2.25. The van der Waals surface area contributed by atoms with E-state index >= 15 is 0 Å². The standard InChI is InChI=1S/C12H15NO2/c14-12(15)8-9-5-6-13-11-4-2-1-3-10(11)7-9/h1-4,9,13H,5-8H2,(H,14,15). The Morgan fingerprint density at radius 2 is 2.27 bits per heavy atom. The summed E-state index contributed by atoms with van der Waals surface area (Å²) in [5.74, 6) is -0.432. The third-order valence-electron chi connectivity index (χ3n) is 2.86. The maximum absolute atomic E-state index is 10.7. The fourth-order valence-electron chi connectivity index (χ4n) is 2.12. The van der Waals surface area contributed by atoms with E-state index in [4.69, 9.17) is 5.11 Å². The van der Waals surface area contributed by atoms with Gasteiger partial charge in [0, 0.05) is 18.7 Å². The molecule has 3 heteroatoms. The van der Waals surface area contributed by atoms with E-state index in [0.29, 0.717) is 0 Å². The van der Waals surface area contributed by atoms with Crippen LogP contribution in [0.25, 0.3) is 0 Å². The first-order chi connectivity index (χ1) is 7.25. The lowest BCUT2D eigenvalue weighted by molar-refractivity contribution is -0.138. The van der Waals surface area contributed by atoms with Crippen molar-refractivity contribution in [3.63, 3.8) is 0 Å². The molecule has 1 aliphatic rings. The van der Waals surface area contributed by atoms with Gasteiger partial charge in [0.25, 0.3) is 0 Å². The molecule has 0 spiro atoms. The fraction of sp³-hybridized carbons (Fsp3) is 0.417. The van der Waals surface area contributed by atoms with Crippen LogP contribution in [0.4, 0.5) is 5.69 Å². The molecule has 0 saturated heterocycles. The Balaban J connectivity index is 2.13. The number of carboxylic acids is 1. The van der Waals surface area contributed by atoms with Crippen LogP contribution in [0.1, 0.15) is 18.4 Å². The minimum atomic E-state index is -0.695.